The first-order chi connectivity index (χ1) is 7.22. The molecule has 0 fully saturated rings. The summed E-state index contributed by atoms with van der Waals surface area (Å²) in [5, 5.41) is 8.86. The lowest BCUT2D eigenvalue weighted by molar-refractivity contribution is -0.137. The fraction of sp³-hybridized carbons (Fsp3) is 0.636. The number of carboxylic acid groups (broad SMARTS) is 1. The fourth-order valence-corrected chi connectivity index (χ4v) is 2.25. The highest BCUT2D eigenvalue weighted by Gasteiger charge is 2.19. The summed E-state index contributed by atoms with van der Waals surface area (Å²) in [6, 6.07) is 0. The average molecular weight is 245 g/mol. The van der Waals surface area contributed by atoms with E-state index in [1.807, 2.05) is 11.5 Å². The minimum atomic E-state index is -0.782. The molecule has 1 aliphatic carbocycles. The summed E-state index contributed by atoms with van der Waals surface area (Å²) < 4.78 is 1.89. The van der Waals surface area contributed by atoms with Crippen LogP contribution in [-0.2, 0) is 30.6 Å². The second kappa shape index (κ2) is 5.34. The van der Waals surface area contributed by atoms with Gasteiger partial charge in [0.1, 0.15) is 12.4 Å². The Morgan fingerprint density at radius 2 is 2.12 bits per heavy atom. The molecule has 1 heterocycles. The van der Waals surface area contributed by atoms with E-state index in [4.69, 9.17) is 5.11 Å². The van der Waals surface area contributed by atoms with Gasteiger partial charge in [-0.15, -0.1) is 12.4 Å². The minimum Gasteiger partial charge on any atom is -0.480 e. The molecule has 1 aliphatic rings. The number of imidazole rings is 1. The molecule has 1 aromatic heterocycles. The van der Waals surface area contributed by atoms with Crippen LogP contribution in [0.4, 0.5) is 0 Å². The van der Waals surface area contributed by atoms with Crippen molar-refractivity contribution in [2.75, 3.05) is 0 Å². The molecule has 16 heavy (non-hydrogen) atoms. The summed E-state index contributed by atoms with van der Waals surface area (Å²) in [5.74, 6) is 0.139. The van der Waals surface area contributed by atoms with Crippen molar-refractivity contribution in [2.45, 2.75) is 45.6 Å². The van der Waals surface area contributed by atoms with Crippen molar-refractivity contribution < 1.29 is 9.90 Å². The Hall–Kier alpha value is -1.03. The first-order valence-electron chi connectivity index (χ1n) is 5.51. The maximum Gasteiger partial charge on any atom is 0.323 e. The molecule has 0 saturated heterocycles. The zero-order chi connectivity index (χ0) is 10.8. The van der Waals surface area contributed by atoms with Crippen LogP contribution in [0.2, 0.25) is 0 Å². The van der Waals surface area contributed by atoms with Crippen molar-refractivity contribution in [1.29, 1.82) is 0 Å². The largest absolute Gasteiger partial charge is 0.480 e. The van der Waals surface area contributed by atoms with Crippen molar-refractivity contribution in [2.24, 2.45) is 0 Å². The number of hydrogen-bond donors (Lipinski definition) is 1. The number of carboxylic acids is 1. The third-order valence-corrected chi connectivity index (χ3v) is 2.92. The molecule has 0 radical (unpaired) electrons. The van der Waals surface area contributed by atoms with Gasteiger partial charge in [0.2, 0.25) is 0 Å². The topological polar surface area (TPSA) is 55.1 Å². The Labute approximate surface area is 101 Å². The SMILES string of the molecule is CCc1nc2c(n1CC(=O)O)CCCC2.Cl. The molecular formula is C11H17ClN2O2. The Bertz CT molecular complexity index is 388. The van der Waals surface area contributed by atoms with Crippen molar-refractivity contribution >= 4 is 18.4 Å². The van der Waals surface area contributed by atoms with Crippen LogP contribution in [0.25, 0.3) is 0 Å². The van der Waals surface area contributed by atoms with Gasteiger partial charge in [-0.1, -0.05) is 6.92 Å². The van der Waals surface area contributed by atoms with Gasteiger partial charge < -0.3 is 9.67 Å². The minimum absolute atomic E-state index is 0. The molecule has 0 saturated carbocycles. The standard InChI is InChI=1S/C11H16N2O2.ClH/c1-2-10-12-8-5-3-4-6-9(8)13(10)7-11(14)15;/h2-7H2,1H3,(H,14,15);1H. The molecule has 0 amide bonds. The summed E-state index contributed by atoms with van der Waals surface area (Å²) in [5.41, 5.74) is 2.28. The first kappa shape index (κ1) is 13.0. The summed E-state index contributed by atoms with van der Waals surface area (Å²) in [6.45, 7) is 2.08. The maximum absolute atomic E-state index is 10.8. The number of rotatable bonds is 3. The highest BCUT2D eigenvalue weighted by atomic mass is 35.5. The van der Waals surface area contributed by atoms with Crippen LogP contribution < -0.4 is 0 Å². The second-order valence-corrected chi connectivity index (χ2v) is 3.96. The molecule has 1 aromatic rings. The van der Waals surface area contributed by atoms with E-state index in [1.165, 1.54) is 6.42 Å². The van der Waals surface area contributed by atoms with E-state index in [0.717, 1.165) is 42.9 Å². The Morgan fingerprint density at radius 1 is 1.44 bits per heavy atom. The normalized spacial score (nSPS) is 14.1. The van der Waals surface area contributed by atoms with Crippen molar-refractivity contribution in [3.63, 3.8) is 0 Å². The monoisotopic (exact) mass is 244 g/mol. The van der Waals surface area contributed by atoms with E-state index in [0.29, 0.717) is 0 Å². The number of carbonyl (C=O) groups is 1. The average Bonchev–Trinajstić information content (AvgIpc) is 2.56. The van der Waals surface area contributed by atoms with E-state index in [-0.39, 0.29) is 19.0 Å². The van der Waals surface area contributed by atoms with Crippen molar-refractivity contribution in [1.82, 2.24) is 9.55 Å². The molecule has 2 rings (SSSR count). The number of fused-ring (bicyclic) bond motifs is 1. The molecule has 5 heteroatoms. The van der Waals surface area contributed by atoms with Gasteiger partial charge in [0.25, 0.3) is 0 Å². The van der Waals surface area contributed by atoms with Gasteiger partial charge in [-0.2, -0.15) is 0 Å². The Morgan fingerprint density at radius 3 is 2.75 bits per heavy atom. The second-order valence-electron chi connectivity index (χ2n) is 3.96. The number of hydrogen-bond acceptors (Lipinski definition) is 2. The Kier molecular flexibility index (Phi) is 4.35. The number of aromatic nitrogens is 2. The van der Waals surface area contributed by atoms with Gasteiger partial charge in [0.15, 0.2) is 0 Å². The van der Waals surface area contributed by atoms with E-state index in [9.17, 15) is 4.79 Å². The zero-order valence-corrected chi connectivity index (χ0v) is 10.2. The third kappa shape index (κ3) is 2.38. The van der Waals surface area contributed by atoms with Gasteiger partial charge in [-0.3, -0.25) is 4.79 Å². The van der Waals surface area contributed by atoms with Crippen LogP contribution in [0.15, 0.2) is 0 Å². The third-order valence-electron chi connectivity index (χ3n) is 2.92. The molecule has 4 nitrogen and oxygen atoms in total. The molecule has 0 unspecified atom stereocenters. The molecular weight excluding hydrogens is 228 g/mol. The smallest absolute Gasteiger partial charge is 0.323 e. The maximum atomic E-state index is 10.8. The number of aryl methyl sites for hydroxylation is 2. The molecule has 0 bridgehead atoms. The van der Waals surface area contributed by atoms with Crippen LogP contribution in [-0.4, -0.2) is 20.6 Å². The lowest BCUT2D eigenvalue weighted by Gasteiger charge is -2.13. The molecule has 90 valence electrons. The van der Waals surface area contributed by atoms with Gasteiger partial charge in [0, 0.05) is 12.1 Å². The summed E-state index contributed by atoms with van der Waals surface area (Å²) in [6.07, 6.45) is 5.13. The number of nitrogens with zero attached hydrogens (tertiary/aromatic N) is 2. The van der Waals surface area contributed by atoms with Crippen LogP contribution in [0.5, 0.6) is 0 Å². The predicted octanol–water partition coefficient (Wildman–Crippen LogP) is 1.83. The lowest BCUT2D eigenvalue weighted by atomic mass is 10.0. The van der Waals surface area contributed by atoms with Crippen LogP contribution in [0.1, 0.15) is 37.0 Å². The summed E-state index contributed by atoms with van der Waals surface area (Å²) in [7, 11) is 0. The summed E-state index contributed by atoms with van der Waals surface area (Å²) >= 11 is 0. The van der Waals surface area contributed by atoms with E-state index >= 15 is 0 Å². The zero-order valence-electron chi connectivity index (χ0n) is 9.40. The molecule has 0 aliphatic heterocycles. The van der Waals surface area contributed by atoms with Crippen LogP contribution >= 0.6 is 12.4 Å². The molecule has 0 atom stereocenters. The van der Waals surface area contributed by atoms with Crippen molar-refractivity contribution in [3.8, 4) is 0 Å². The van der Waals surface area contributed by atoms with Crippen LogP contribution in [0, 0.1) is 0 Å². The number of halogens is 1. The van der Waals surface area contributed by atoms with E-state index in [1.54, 1.807) is 0 Å². The molecule has 1 N–H and O–H groups in total. The lowest BCUT2D eigenvalue weighted by Crippen LogP contribution is -2.15. The first-order valence-corrected chi connectivity index (χ1v) is 5.51. The van der Waals surface area contributed by atoms with Gasteiger partial charge in [-0.05, 0) is 25.7 Å². The highest BCUT2D eigenvalue weighted by Crippen LogP contribution is 2.22. The van der Waals surface area contributed by atoms with Gasteiger partial charge in [0.05, 0.1) is 5.69 Å². The van der Waals surface area contributed by atoms with Crippen molar-refractivity contribution in [3.05, 3.63) is 17.2 Å². The quantitative estimate of drug-likeness (QED) is 0.883. The Balaban J connectivity index is 0.00000128. The van der Waals surface area contributed by atoms with Gasteiger partial charge >= 0.3 is 5.97 Å². The fourth-order valence-electron chi connectivity index (χ4n) is 2.25. The highest BCUT2D eigenvalue weighted by molar-refractivity contribution is 5.85. The van der Waals surface area contributed by atoms with E-state index < -0.39 is 5.97 Å². The molecule has 0 aromatic carbocycles. The van der Waals surface area contributed by atoms with E-state index in [2.05, 4.69) is 4.98 Å². The molecule has 0 spiro atoms. The summed E-state index contributed by atoms with van der Waals surface area (Å²) in [4.78, 5) is 15.3. The van der Waals surface area contributed by atoms with Gasteiger partial charge in [-0.25, -0.2) is 4.98 Å². The predicted molar refractivity (Wildman–Crippen MR) is 63.1 cm³/mol. The van der Waals surface area contributed by atoms with Crippen LogP contribution in [0.3, 0.4) is 0 Å². The number of aliphatic carboxylic acids is 1.